The van der Waals surface area contributed by atoms with Crippen LogP contribution in [0.1, 0.15) is 36.1 Å². The number of nitrogens with zero attached hydrogens (tertiary/aromatic N) is 1. The quantitative estimate of drug-likeness (QED) is 0.871. The van der Waals surface area contributed by atoms with E-state index >= 15 is 0 Å². The van der Waals surface area contributed by atoms with Crippen molar-refractivity contribution in [3.63, 3.8) is 0 Å². The van der Waals surface area contributed by atoms with Crippen molar-refractivity contribution in [2.75, 3.05) is 5.32 Å². The van der Waals surface area contributed by atoms with Crippen molar-refractivity contribution in [3.05, 3.63) is 65.2 Å². The van der Waals surface area contributed by atoms with E-state index in [9.17, 15) is 5.26 Å². The maximum absolute atomic E-state index is 9.21. The Bertz CT molecular complexity index is 582. The Morgan fingerprint density at radius 1 is 1.11 bits per heavy atom. The number of hydrogen-bond donors (Lipinski definition) is 1. The molecule has 0 aliphatic heterocycles. The van der Waals surface area contributed by atoms with E-state index in [0.717, 1.165) is 17.7 Å². The first kappa shape index (κ1) is 13.2. The summed E-state index contributed by atoms with van der Waals surface area (Å²) in [5.74, 6) is 0. The molecular formula is C17H18N2. The van der Waals surface area contributed by atoms with Gasteiger partial charge in [-0.15, -0.1) is 0 Å². The average Bonchev–Trinajstić information content (AvgIpc) is 2.46. The molecule has 1 unspecified atom stereocenters. The largest absolute Gasteiger partial charge is 0.377 e. The van der Waals surface area contributed by atoms with Crippen LogP contribution in [0.25, 0.3) is 0 Å². The molecule has 0 saturated carbocycles. The van der Waals surface area contributed by atoms with Gasteiger partial charge in [0.15, 0.2) is 0 Å². The molecule has 1 atom stereocenters. The lowest BCUT2D eigenvalue weighted by Gasteiger charge is -2.21. The van der Waals surface area contributed by atoms with Crippen molar-refractivity contribution in [1.29, 1.82) is 5.26 Å². The number of anilines is 1. The Labute approximate surface area is 114 Å². The molecule has 0 heterocycles. The van der Waals surface area contributed by atoms with Crippen molar-refractivity contribution in [2.24, 2.45) is 0 Å². The summed E-state index contributed by atoms with van der Waals surface area (Å²) in [6, 6.07) is 18.6. The summed E-state index contributed by atoms with van der Waals surface area (Å²) < 4.78 is 0. The van der Waals surface area contributed by atoms with Crippen molar-refractivity contribution in [1.82, 2.24) is 0 Å². The molecule has 0 aromatic heterocycles. The van der Waals surface area contributed by atoms with Crippen LogP contribution in [0, 0.1) is 18.3 Å². The zero-order chi connectivity index (χ0) is 13.7. The van der Waals surface area contributed by atoms with Gasteiger partial charge in [0.25, 0.3) is 0 Å². The Balaban J connectivity index is 2.32. The minimum atomic E-state index is 0.231. The van der Waals surface area contributed by atoms with E-state index in [4.69, 9.17) is 0 Å². The highest BCUT2D eigenvalue weighted by molar-refractivity contribution is 5.63. The molecule has 2 heteroatoms. The molecule has 0 amide bonds. The van der Waals surface area contributed by atoms with Crippen LogP contribution in [0.5, 0.6) is 0 Å². The second-order valence-corrected chi connectivity index (χ2v) is 4.63. The van der Waals surface area contributed by atoms with Gasteiger partial charge < -0.3 is 5.32 Å². The second kappa shape index (κ2) is 6.06. The molecule has 0 saturated heterocycles. The topological polar surface area (TPSA) is 35.8 Å². The molecule has 2 aromatic rings. The summed E-state index contributed by atoms with van der Waals surface area (Å²) >= 11 is 0. The number of nitrogens with one attached hydrogen (secondary N) is 1. The van der Waals surface area contributed by atoms with Gasteiger partial charge in [-0.1, -0.05) is 49.4 Å². The van der Waals surface area contributed by atoms with Crippen molar-refractivity contribution in [2.45, 2.75) is 26.3 Å². The molecule has 0 bridgehead atoms. The van der Waals surface area contributed by atoms with Gasteiger partial charge in [-0.25, -0.2) is 0 Å². The second-order valence-electron chi connectivity index (χ2n) is 4.63. The van der Waals surface area contributed by atoms with Gasteiger partial charge in [0, 0.05) is 0 Å². The molecule has 96 valence electrons. The molecule has 0 spiro atoms. The zero-order valence-electron chi connectivity index (χ0n) is 11.4. The van der Waals surface area contributed by atoms with Crippen LogP contribution in [-0.4, -0.2) is 0 Å². The molecule has 1 N–H and O–H groups in total. The summed E-state index contributed by atoms with van der Waals surface area (Å²) in [4.78, 5) is 0. The number of hydrogen-bond acceptors (Lipinski definition) is 2. The molecule has 2 rings (SSSR count). The van der Waals surface area contributed by atoms with Crippen LogP contribution in [0.4, 0.5) is 5.69 Å². The Morgan fingerprint density at radius 2 is 1.84 bits per heavy atom. The predicted molar refractivity (Wildman–Crippen MR) is 79.0 cm³/mol. The fourth-order valence-corrected chi connectivity index (χ4v) is 2.23. The average molecular weight is 250 g/mol. The van der Waals surface area contributed by atoms with Crippen LogP contribution in [-0.2, 0) is 0 Å². The normalized spacial score (nSPS) is 11.6. The first-order chi connectivity index (χ1) is 9.26. The summed E-state index contributed by atoms with van der Waals surface area (Å²) in [7, 11) is 0. The van der Waals surface area contributed by atoms with Crippen LogP contribution >= 0.6 is 0 Å². The van der Waals surface area contributed by atoms with Crippen molar-refractivity contribution < 1.29 is 0 Å². The Morgan fingerprint density at radius 3 is 2.47 bits per heavy atom. The van der Waals surface area contributed by atoms with E-state index < -0.39 is 0 Å². The molecule has 0 aliphatic carbocycles. The number of para-hydroxylation sites is 1. The Hall–Kier alpha value is -2.27. The number of benzene rings is 2. The number of aryl methyl sites for hydroxylation is 1. The first-order valence-corrected chi connectivity index (χ1v) is 6.57. The minimum Gasteiger partial charge on any atom is -0.377 e. The van der Waals surface area contributed by atoms with Gasteiger partial charge in [-0.05, 0) is 30.5 Å². The van der Waals surface area contributed by atoms with Gasteiger partial charge in [0.05, 0.1) is 17.3 Å². The van der Waals surface area contributed by atoms with Crippen molar-refractivity contribution >= 4 is 5.69 Å². The highest BCUT2D eigenvalue weighted by atomic mass is 14.9. The predicted octanol–water partition coefficient (Wildman–Crippen LogP) is 4.43. The van der Waals surface area contributed by atoms with E-state index in [1.807, 2.05) is 43.3 Å². The van der Waals surface area contributed by atoms with Crippen LogP contribution in [0.2, 0.25) is 0 Å². The van der Waals surface area contributed by atoms with Crippen LogP contribution < -0.4 is 5.32 Å². The highest BCUT2D eigenvalue weighted by Gasteiger charge is 2.12. The molecule has 0 radical (unpaired) electrons. The smallest absolute Gasteiger partial charge is 0.101 e. The summed E-state index contributed by atoms with van der Waals surface area (Å²) in [5.41, 5.74) is 4.00. The zero-order valence-corrected chi connectivity index (χ0v) is 11.4. The van der Waals surface area contributed by atoms with Crippen LogP contribution in [0.15, 0.2) is 48.5 Å². The van der Waals surface area contributed by atoms with Gasteiger partial charge in [0.1, 0.15) is 6.07 Å². The van der Waals surface area contributed by atoms with Crippen LogP contribution in [0.3, 0.4) is 0 Å². The fraction of sp³-hybridized carbons (Fsp3) is 0.235. The lowest BCUT2D eigenvalue weighted by molar-refractivity contribution is 0.748. The van der Waals surface area contributed by atoms with Gasteiger partial charge in [0.2, 0.25) is 0 Å². The third-order valence-electron chi connectivity index (χ3n) is 3.32. The van der Waals surface area contributed by atoms with E-state index in [1.165, 1.54) is 5.56 Å². The minimum absolute atomic E-state index is 0.231. The Kier molecular flexibility index (Phi) is 4.20. The summed E-state index contributed by atoms with van der Waals surface area (Å²) in [6.07, 6.45) is 0.975. The lowest BCUT2D eigenvalue weighted by Crippen LogP contribution is -2.11. The van der Waals surface area contributed by atoms with E-state index in [1.54, 1.807) is 0 Å². The molecule has 2 aromatic carbocycles. The maximum Gasteiger partial charge on any atom is 0.101 e. The third-order valence-corrected chi connectivity index (χ3v) is 3.32. The van der Waals surface area contributed by atoms with Crippen molar-refractivity contribution in [3.8, 4) is 6.07 Å². The summed E-state index contributed by atoms with van der Waals surface area (Å²) in [5, 5.41) is 12.7. The number of rotatable bonds is 4. The van der Waals surface area contributed by atoms with Gasteiger partial charge >= 0.3 is 0 Å². The molecular weight excluding hydrogens is 232 g/mol. The summed E-state index contributed by atoms with van der Waals surface area (Å²) in [6.45, 7) is 4.18. The monoisotopic (exact) mass is 250 g/mol. The molecule has 0 fully saturated rings. The third kappa shape index (κ3) is 2.95. The van der Waals surface area contributed by atoms with Gasteiger partial charge in [-0.2, -0.15) is 5.26 Å². The molecule has 2 nitrogen and oxygen atoms in total. The van der Waals surface area contributed by atoms with E-state index in [-0.39, 0.29) is 6.04 Å². The highest BCUT2D eigenvalue weighted by Crippen LogP contribution is 2.27. The first-order valence-electron chi connectivity index (χ1n) is 6.57. The van der Waals surface area contributed by atoms with Gasteiger partial charge in [-0.3, -0.25) is 0 Å². The SMILES string of the molecule is CCC(Nc1c(C)cccc1C#N)c1ccccc1. The standard InChI is InChI=1S/C17H18N2/c1-3-16(14-9-5-4-6-10-14)19-17-13(2)8-7-11-15(17)12-18/h4-11,16,19H,3H2,1-2H3. The number of nitriles is 1. The lowest BCUT2D eigenvalue weighted by atomic mass is 10.0. The maximum atomic E-state index is 9.21. The molecule has 19 heavy (non-hydrogen) atoms. The fourth-order valence-electron chi connectivity index (χ4n) is 2.23. The molecule has 0 aliphatic rings. The van der Waals surface area contributed by atoms with E-state index in [0.29, 0.717) is 5.56 Å². The van der Waals surface area contributed by atoms with E-state index in [2.05, 4.69) is 30.4 Å².